The van der Waals surface area contributed by atoms with Gasteiger partial charge in [-0.1, -0.05) is 19.8 Å². The molecule has 0 fully saturated rings. The Kier molecular flexibility index (Phi) is 12.0. The minimum atomic E-state index is -1.26. The zero-order chi connectivity index (χ0) is 13.0. The van der Waals surface area contributed by atoms with Gasteiger partial charge >= 0.3 is 11.9 Å². The molecule has 0 unspecified atom stereocenters. The van der Waals surface area contributed by atoms with E-state index in [1.807, 2.05) is 0 Å². The van der Waals surface area contributed by atoms with Gasteiger partial charge in [0.05, 0.1) is 0 Å². The molecule has 0 rings (SSSR count). The maximum absolute atomic E-state index is 10.3. The fraction of sp³-hybridized carbons (Fsp3) is 0.545. The van der Waals surface area contributed by atoms with Crippen LogP contribution >= 0.6 is 0 Å². The molecule has 5 heteroatoms. The summed E-state index contributed by atoms with van der Waals surface area (Å²) in [5.74, 6) is -2.20. The zero-order valence-electron chi connectivity index (χ0n) is 9.60. The molecule has 0 atom stereocenters. The molecule has 5 nitrogen and oxygen atoms in total. The molecule has 0 aliphatic rings. The number of unbranched alkanes of at least 4 members (excludes halogenated alkanes) is 2. The lowest BCUT2D eigenvalue weighted by atomic mass is 10.2. The molecule has 2 N–H and O–H groups in total. The smallest absolute Gasteiger partial charge is 0.328 e. The number of rotatable bonds is 6. The van der Waals surface area contributed by atoms with E-state index in [9.17, 15) is 14.4 Å². The van der Waals surface area contributed by atoms with Gasteiger partial charge in [-0.25, -0.2) is 9.59 Å². The summed E-state index contributed by atoms with van der Waals surface area (Å²) < 4.78 is 0. The molecule has 0 aromatic heterocycles. The minimum Gasteiger partial charge on any atom is -0.478 e. The van der Waals surface area contributed by atoms with Gasteiger partial charge in [-0.3, -0.25) is 0 Å². The molecule has 0 heterocycles. The highest BCUT2D eigenvalue weighted by Gasteiger charge is 1.89. The molecule has 16 heavy (non-hydrogen) atoms. The SMILES string of the molecule is CCCCCC(C)=O.O=C(O)C=CC(=O)O. The van der Waals surface area contributed by atoms with Crippen LogP contribution in [0.1, 0.15) is 39.5 Å². The maximum atomic E-state index is 10.3. The summed E-state index contributed by atoms with van der Waals surface area (Å²) in [4.78, 5) is 29.4. The van der Waals surface area contributed by atoms with Crippen LogP contribution in [-0.2, 0) is 14.4 Å². The summed E-state index contributed by atoms with van der Waals surface area (Å²) in [6.07, 6.45) is 5.36. The molecule has 0 saturated carbocycles. The Labute approximate surface area is 94.8 Å². The highest BCUT2D eigenvalue weighted by atomic mass is 16.4. The first-order valence-electron chi connectivity index (χ1n) is 5.03. The minimum absolute atomic E-state index is 0.318. The van der Waals surface area contributed by atoms with Gasteiger partial charge in [0.1, 0.15) is 5.78 Å². The summed E-state index contributed by atoms with van der Waals surface area (Å²) >= 11 is 0. The van der Waals surface area contributed by atoms with Crippen molar-refractivity contribution in [2.75, 3.05) is 0 Å². The van der Waals surface area contributed by atoms with E-state index in [2.05, 4.69) is 6.92 Å². The van der Waals surface area contributed by atoms with Crippen LogP contribution in [0.5, 0.6) is 0 Å². The summed E-state index contributed by atoms with van der Waals surface area (Å²) in [7, 11) is 0. The number of Topliss-reactive ketones (excluding diaryl/α,β-unsaturated/α-hetero) is 1. The molecule has 0 aliphatic carbocycles. The Morgan fingerprint density at radius 2 is 1.44 bits per heavy atom. The number of carboxylic acid groups (broad SMARTS) is 2. The summed E-state index contributed by atoms with van der Waals surface area (Å²) in [5.41, 5.74) is 0. The van der Waals surface area contributed by atoms with Gasteiger partial charge in [-0.2, -0.15) is 0 Å². The molecule has 0 amide bonds. The van der Waals surface area contributed by atoms with E-state index in [0.29, 0.717) is 17.9 Å². The Morgan fingerprint density at radius 3 is 1.69 bits per heavy atom. The van der Waals surface area contributed by atoms with Gasteiger partial charge in [-0.05, 0) is 13.3 Å². The predicted octanol–water partition coefficient (Wildman–Crippen LogP) is 1.87. The van der Waals surface area contributed by atoms with Gasteiger partial charge in [0.15, 0.2) is 0 Å². The number of ketones is 1. The molecule has 0 radical (unpaired) electrons. The molecular formula is C11H18O5. The lowest BCUT2D eigenvalue weighted by molar-refractivity contribution is -0.134. The van der Waals surface area contributed by atoms with Crippen molar-refractivity contribution in [2.24, 2.45) is 0 Å². The monoisotopic (exact) mass is 230 g/mol. The average molecular weight is 230 g/mol. The first-order chi connectivity index (χ1) is 7.40. The summed E-state index contributed by atoms with van der Waals surface area (Å²) in [6, 6.07) is 0. The molecule has 0 aliphatic heterocycles. The van der Waals surface area contributed by atoms with Crippen LogP contribution in [0.4, 0.5) is 0 Å². The highest BCUT2D eigenvalue weighted by Crippen LogP contribution is 1.98. The van der Waals surface area contributed by atoms with Gasteiger partial charge in [0.25, 0.3) is 0 Å². The Balaban J connectivity index is 0. The van der Waals surface area contributed by atoms with E-state index in [0.717, 1.165) is 12.8 Å². The van der Waals surface area contributed by atoms with Crippen LogP contribution in [0.25, 0.3) is 0 Å². The van der Waals surface area contributed by atoms with Gasteiger partial charge < -0.3 is 15.0 Å². The van der Waals surface area contributed by atoms with Crippen molar-refractivity contribution in [1.82, 2.24) is 0 Å². The molecular weight excluding hydrogens is 212 g/mol. The second kappa shape index (κ2) is 11.4. The number of carbonyl (C=O) groups excluding carboxylic acids is 1. The van der Waals surface area contributed by atoms with E-state index >= 15 is 0 Å². The van der Waals surface area contributed by atoms with Gasteiger partial charge in [-0.15, -0.1) is 0 Å². The standard InChI is InChI=1S/C7H14O.C4H4O4/c1-3-4-5-6-7(2)8;5-3(6)1-2-4(7)8/h3-6H2,1-2H3;1-2H,(H,5,6)(H,7,8). The third-order valence-corrected chi connectivity index (χ3v) is 1.50. The molecule has 0 aromatic rings. The second-order valence-corrected chi connectivity index (χ2v) is 3.17. The number of carbonyl (C=O) groups is 3. The van der Waals surface area contributed by atoms with Crippen molar-refractivity contribution in [1.29, 1.82) is 0 Å². The number of hydrogen-bond donors (Lipinski definition) is 2. The first kappa shape index (κ1) is 16.8. The van der Waals surface area contributed by atoms with Crippen LogP contribution in [0.2, 0.25) is 0 Å². The Morgan fingerprint density at radius 1 is 1.00 bits per heavy atom. The van der Waals surface area contributed by atoms with Crippen LogP contribution < -0.4 is 0 Å². The first-order valence-corrected chi connectivity index (χ1v) is 5.03. The van der Waals surface area contributed by atoms with Crippen molar-refractivity contribution in [3.8, 4) is 0 Å². The quantitative estimate of drug-likeness (QED) is 0.536. The van der Waals surface area contributed by atoms with Gasteiger partial charge in [0.2, 0.25) is 0 Å². The largest absolute Gasteiger partial charge is 0.478 e. The van der Waals surface area contributed by atoms with Crippen molar-refractivity contribution in [3.05, 3.63) is 12.2 Å². The second-order valence-electron chi connectivity index (χ2n) is 3.17. The number of aliphatic carboxylic acids is 2. The topological polar surface area (TPSA) is 91.7 Å². The molecule has 0 aromatic carbocycles. The molecule has 0 bridgehead atoms. The van der Waals surface area contributed by atoms with E-state index in [1.165, 1.54) is 12.8 Å². The fourth-order valence-corrected chi connectivity index (χ4v) is 0.767. The Bertz CT molecular complexity index is 239. The number of carboxylic acids is 2. The van der Waals surface area contributed by atoms with E-state index < -0.39 is 11.9 Å². The lowest BCUT2D eigenvalue weighted by Crippen LogP contribution is -1.91. The van der Waals surface area contributed by atoms with Crippen LogP contribution in [0.15, 0.2) is 12.2 Å². The molecule has 0 spiro atoms. The maximum Gasteiger partial charge on any atom is 0.328 e. The van der Waals surface area contributed by atoms with E-state index in [-0.39, 0.29) is 0 Å². The summed E-state index contributed by atoms with van der Waals surface area (Å²) in [6.45, 7) is 3.79. The number of hydrogen-bond acceptors (Lipinski definition) is 3. The van der Waals surface area contributed by atoms with Crippen molar-refractivity contribution < 1.29 is 24.6 Å². The van der Waals surface area contributed by atoms with E-state index in [4.69, 9.17) is 10.2 Å². The van der Waals surface area contributed by atoms with Crippen LogP contribution in [0.3, 0.4) is 0 Å². The third kappa shape index (κ3) is 22.8. The average Bonchev–Trinajstić information content (AvgIpc) is 2.16. The lowest BCUT2D eigenvalue weighted by Gasteiger charge is -1.90. The third-order valence-electron chi connectivity index (χ3n) is 1.50. The fourth-order valence-electron chi connectivity index (χ4n) is 0.767. The highest BCUT2D eigenvalue weighted by molar-refractivity contribution is 5.89. The Hall–Kier alpha value is -1.65. The van der Waals surface area contributed by atoms with Crippen molar-refractivity contribution in [2.45, 2.75) is 39.5 Å². The van der Waals surface area contributed by atoms with Crippen molar-refractivity contribution >= 4 is 17.7 Å². The van der Waals surface area contributed by atoms with Crippen LogP contribution in [0, 0.1) is 0 Å². The predicted molar refractivity (Wildman–Crippen MR) is 59.2 cm³/mol. The summed E-state index contributed by atoms with van der Waals surface area (Å²) in [5, 5.41) is 15.6. The van der Waals surface area contributed by atoms with E-state index in [1.54, 1.807) is 6.92 Å². The van der Waals surface area contributed by atoms with Gasteiger partial charge in [0, 0.05) is 18.6 Å². The molecule has 0 saturated heterocycles. The molecule has 92 valence electrons. The van der Waals surface area contributed by atoms with Crippen LogP contribution in [-0.4, -0.2) is 27.9 Å². The zero-order valence-corrected chi connectivity index (χ0v) is 9.60. The normalized spacial score (nSPS) is 9.38. The van der Waals surface area contributed by atoms with Crippen molar-refractivity contribution in [3.63, 3.8) is 0 Å².